The maximum atomic E-state index is 10.3. The van der Waals surface area contributed by atoms with Gasteiger partial charge < -0.3 is 14.6 Å². The molecule has 0 aliphatic heterocycles. The highest BCUT2D eigenvalue weighted by Crippen LogP contribution is 2.21. The smallest absolute Gasteiger partial charge is 0.183 e. The second-order valence-electron chi connectivity index (χ2n) is 5.63. The van der Waals surface area contributed by atoms with E-state index in [1.165, 1.54) is 5.56 Å². The summed E-state index contributed by atoms with van der Waals surface area (Å²) >= 11 is 0. The molecule has 0 aliphatic carbocycles. The number of aryl methyl sites for hydroxylation is 1. The van der Waals surface area contributed by atoms with E-state index in [4.69, 9.17) is 9.47 Å². The van der Waals surface area contributed by atoms with Crippen LogP contribution >= 0.6 is 0 Å². The van der Waals surface area contributed by atoms with Crippen molar-refractivity contribution >= 4 is 0 Å². The van der Waals surface area contributed by atoms with Crippen molar-refractivity contribution in [3.8, 4) is 11.8 Å². The van der Waals surface area contributed by atoms with Crippen LogP contribution < -0.4 is 0 Å². The molecular formula is C22H26O3. The van der Waals surface area contributed by atoms with Crippen molar-refractivity contribution < 1.29 is 14.6 Å². The van der Waals surface area contributed by atoms with Gasteiger partial charge in [0.25, 0.3) is 0 Å². The molecule has 0 bridgehead atoms. The van der Waals surface area contributed by atoms with Crippen LogP contribution in [0.5, 0.6) is 0 Å². The van der Waals surface area contributed by atoms with Crippen LogP contribution in [0.2, 0.25) is 0 Å². The van der Waals surface area contributed by atoms with Gasteiger partial charge in [0, 0.05) is 24.3 Å². The lowest BCUT2D eigenvalue weighted by Gasteiger charge is -2.17. The molecule has 1 N–H and O–H groups in total. The topological polar surface area (TPSA) is 38.7 Å². The number of aliphatic hydroxyl groups is 1. The molecule has 0 radical (unpaired) electrons. The Morgan fingerprint density at radius 3 is 1.92 bits per heavy atom. The zero-order valence-electron chi connectivity index (χ0n) is 15.2. The van der Waals surface area contributed by atoms with Gasteiger partial charge in [-0.05, 0) is 43.5 Å². The zero-order valence-corrected chi connectivity index (χ0v) is 15.2. The van der Waals surface area contributed by atoms with Crippen LogP contribution in [0.15, 0.2) is 48.5 Å². The molecule has 0 fully saturated rings. The highest BCUT2D eigenvalue weighted by Gasteiger charge is 2.12. The molecule has 3 nitrogen and oxygen atoms in total. The predicted octanol–water partition coefficient (Wildman–Crippen LogP) is 4.41. The standard InChI is InChI=1S/C22H26O3/c1-4-17-7-9-18(10-8-17)11-16-21(23)19-12-14-20(15-13-19)22(24-5-2)25-6-3/h7-10,12-15,21-23H,4-6H2,1-3H3. The van der Waals surface area contributed by atoms with E-state index < -0.39 is 6.10 Å². The van der Waals surface area contributed by atoms with Gasteiger partial charge in [-0.15, -0.1) is 0 Å². The summed E-state index contributed by atoms with van der Waals surface area (Å²) in [6.07, 6.45) is -0.186. The summed E-state index contributed by atoms with van der Waals surface area (Å²) in [7, 11) is 0. The molecule has 25 heavy (non-hydrogen) atoms. The van der Waals surface area contributed by atoms with Crippen molar-refractivity contribution in [3.63, 3.8) is 0 Å². The summed E-state index contributed by atoms with van der Waals surface area (Å²) in [6.45, 7) is 7.16. The van der Waals surface area contributed by atoms with Gasteiger partial charge >= 0.3 is 0 Å². The van der Waals surface area contributed by atoms with E-state index in [-0.39, 0.29) is 6.29 Å². The lowest BCUT2D eigenvalue weighted by Crippen LogP contribution is -2.09. The molecule has 3 heteroatoms. The van der Waals surface area contributed by atoms with E-state index in [2.05, 4.69) is 30.9 Å². The Morgan fingerprint density at radius 1 is 0.840 bits per heavy atom. The van der Waals surface area contributed by atoms with Crippen molar-refractivity contribution in [1.82, 2.24) is 0 Å². The molecule has 0 saturated heterocycles. The monoisotopic (exact) mass is 338 g/mol. The molecule has 0 spiro atoms. The molecule has 0 aromatic heterocycles. The van der Waals surface area contributed by atoms with Crippen molar-refractivity contribution in [2.45, 2.75) is 39.6 Å². The van der Waals surface area contributed by atoms with E-state index in [9.17, 15) is 5.11 Å². The highest BCUT2D eigenvalue weighted by molar-refractivity contribution is 5.38. The molecule has 1 unspecified atom stereocenters. The number of benzene rings is 2. The Balaban J connectivity index is 2.07. The summed E-state index contributed by atoms with van der Waals surface area (Å²) in [5, 5.41) is 10.3. The Hall–Kier alpha value is -2.12. The lowest BCUT2D eigenvalue weighted by atomic mass is 10.1. The second kappa shape index (κ2) is 10.0. The van der Waals surface area contributed by atoms with Crippen molar-refractivity contribution in [2.75, 3.05) is 13.2 Å². The van der Waals surface area contributed by atoms with E-state index in [0.717, 1.165) is 23.1 Å². The molecule has 1 atom stereocenters. The second-order valence-corrected chi connectivity index (χ2v) is 5.63. The average molecular weight is 338 g/mol. The van der Waals surface area contributed by atoms with Gasteiger partial charge in [0.15, 0.2) is 6.29 Å². The fourth-order valence-corrected chi connectivity index (χ4v) is 2.44. The van der Waals surface area contributed by atoms with Gasteiger partial charge in [0.1, 0.15) is 6.10 Å². The maximum absolute atomic E-state index is 10.3. The van der Waals surface area contributed by atoms with E-state index >= 15 is 0 Å². The third-order valence-corrected chi connectivity index (χ3v) is 3.88. The highest BCUT2D eigenvalue weighted by atomic mass is 16.7. The Bertz CT molecular complexity index is 687. The summed E-state index contributed by atoms with van der Waals surface area (Å²) in [5.74, 6) is 5.92. The SMILES string of the molecule is CCOC(OCC)c1ccc(C(O)C#Cc2ccc(CC)cc2)cc1. The third-order valence-electron chi connectivity index (χ3n) is 3.88. The summed E-state index contributed by atoms with van der Waals surface area (Å²) < 4.78 is 11.2. The van der Waals surface area contributed by atoms with Crippen LogP contribution in [-0.2, 0) is 15.9 Å². The quantitative estimate of drug-likeness (QED) is 0.600. The number of ether oxygens (including phenoxy) is 2. The van der Waals surface area contributed by atoms with E-state index in [0.29, 0.717) is 13.2 Å². The van der Waals surface area contributed by atoms with E-state index in [1.807, 2.05) is 50.2 Å². The van der Waals surface area contributed by atoms with Crippen molar-refractivity contribution in [2.24, 2.45) is 0 Å². The molecule has 0 aliphatic rings. The predicted molar refractivity (Wildman–Crippen MR) is 100 cm³/mol. The first kappa shape index (κ1) is 19.2. The van der Waals surface area contributed by atoms with Gasteiger partial charge in [-0.2, -0.15) is 0 Å². The van der Waals surface area contributed by atoms with E-state index in [1.54, 1.807) is 0 Å². The minimum atomic E-state index is -0.822. The van der Waals surface area contributed by atoms with Crippen LogP contribution in [0.1, 0.15) is 55.4 Å². The lowest BCUT2D eigenvalue weighted by molar-refractivity contribution is -0.140. The molecule has 132 valence electrons. The number of rotatable bonds is 7. The van der Waals surface area contributed by atoms with Gasteiger partial charge in [0.2, 0.25) is 0 Å². The van der Waals surface area contributed by atoms with Crippen molar-refractivity contribution in [3.05, 3.63) is 70.8 Å². The van der Waals surface area contributed by atoms with Crippen molar-refractivity contribution in [1.29, 1.82) is 0 Å². The van der Waals surface area contributed by atoms with Crippen LogP contribution in [0, 0.1) is 11.8 Å². The summed E-state index contributed by atoms with van der Waals surface area (Å²) in [6, 6.07) is 15.6. The summed E-state index contributed by atoms with van der Waals surface area (Å²) in [5.41, 5.74) is 3.87. The van der Waals surface area contributed by atoms with Gasteiger partial charge in [-0.3, -0.25) is 0 Å². The fraction of sp³-hybridized carbons (Fsp3) is 0.364. The molecule has 2 aromatic carbocycles. The van der Waals surface area contributed by atoms with Crippen LogP contribution in [0.4, 0.5) is 0 Å². The molecular weight excluding hydrogens is 312 g/mol. The molecule has 2 aromatic rings. The number of aliphatic hydroxyl groups excluding tert-OH is 1. The third kappa shape index (κ3) is 5.72. The first-order chi connectivity index (χ1) is 12.2. The zero-order chi connectivity index (χ0) is 18.1. The minimum Gasteiger partial charge on any atom is -0.376 e. The summed E-state index contributed by atoms with van der Waals surface area (Å²) in [4.78, 5) is 0. The minimum absolute atomic E-state index is 0.371. The Kier molecular flexibility index (Phi) is 7.69. The Labute approximate surface area is 150 Å². The largest absolute Gasteiger partial charge is 0.376 e. The van der Waals surface area contributed by atoms with Gasteiger partial charge in [-0.25, -0.2) is 0 Å². The fourth-order valence-electron chi connectivity index (χ4n) is 2.44. The first-order valence-corrected chi connectivity index (χ1v) is 8.79. The normalized spacial score (nSPS) is 11.9. The number of hydrogen-bond acceptors (Lipinski definition) is 3. The van der Waals surface area contributed by atoms with Crippen LogP contribution in [0.25, 0.3) is 0 Å². The van der Waals surface area contributed by atoms with Gasteiger partial charge in [0.05, 0.1) is 0 Å². The number of hydrogen-bond donors (Lipinski definition) is 1. The van der Waals surface area contributed by atoms with Crippen LogP contribution in [-0.4, -0.2) is 18.3 Å². The molecule has 2 rings (SSSR count). The van der Waals surface area contributed by atoms with Gasteiger partial charge in [-0.1, -0.05) is 55.2 Å². The molecule has 0 amide bonds. The average Bonchev–Trinajstić information content (AvgIpc) is 2.66. The first-order valence-electron chi connectivity index (χ1n) is 8.79. The maximum Gasteiger partial charge on any atom is 0.183 e. The van der Waals surface area contributed by atoms with Crippen LogP contribution in [0.3, 0.4) is 0 Å². The molecule has 0 saturated carbocycles. The molecule has 0 heterocycles. The Morgan fingerprint density at radius 2 is 1.40 bits per heavy atom.